The van der Waals surface area contributed by atoms with Crippen molar-refractivity contribution in [3.8, 4) is 5.75 Å². The molecule has 0 fully saturated rings. The molecule has 8 nitrogen and oxygen atoms in total. The molecule has 2 aromatic heterocycles. The number of nitro groups is 1. The highest BCUT2D eigenvalue weighted by atomic mass is 35.5. The fourth-order valence-corrected chi connectivity index (χ4v) is 4.47. The Bertz CT molecular complexity index is 1260. The van der Waals surface area contributed by atoms with Gasteiger partial charge in [-0.3, -0.25) is 19.8 Å². The van der Waals surface area contributed by atoms with Gasteiger partial charge in [0.1, 0.15) is 22.1 Å². The van der Waals surface area contributed by atoms with E-state index in [4.69, 9.17) is 20.8 Å². The third kappa shape index (κ3) is 4.62. The average molecular weight is 488 g/mol. The Morgan fingerprint density at radius 1 is 1.31 bits per heavy atom. The number of amidine groups is 1. The standard InChI is InChI=1S/C21H14ClN3O5S2/c1-29-18-6-4-13(11-16(18)22)24-20(26)17(12-15-3-2-9-31-15)23-21(24)32-10-8-14-5-7-19(30-14)25(27)28/h2-12H,1H3/b10-8+,17-12-. The zero-order chi connectivity index (χ0) is 22.7. The van der Waals surface area contributed by atoms with Gasteiger partial charge in [0.25, 0.3) is 5.91 Å². The van der Waals surface area contributed by atoms with Crippen molar-refractivity contribution in [2.24, 2.45) is 4.99 Å². The van der Waals surface area contributed by atoms with Crippen molar-refractivity contribution in [1.82, 2.24) is 0 Å². The third-order valence-electron chi connectivity index (χ3n) is 4.24. The number of furan rings is 1. The molecule has 0 spiro atoms. The van der Waals surface area contributed by atoms with Crippen molar-refractivity contribution in [1.29, 1.82) is 0 Å². The van der Waals surface area contributed by atoms with Crippen molar-refractivity contribution < 1.29 is 18.9 Å². The van der Waals surface area contributed by atoms with Crippen LogP contribution in [0.2, 0.25) is 5.02 Å². The minimum Gasteiger partial charge on any atom is -0.495 e. The van der Waals surface area contributed by atoms with Crippen molar-refractivity contribution in [3.05, 3.63) is 84.7 Å². The molecule has 0 saturated heterocycles. The summed E-state index contributed by atoms with van der Waals surface area (Å²) in [6.07, 6.45) is 3.28. The Kier molecular flexibility index (Phi) is 6.45. The molecule has 1 amide bonds. The first-order chi connectivity index (χ1) is 15.5. The van der Waals surface area contributed by atoms with Gasteiger partial charge in [0.2, 0.25) is 0 Å². The second-order valence-electron chi connectivity index (χ2n) is 6.25. The summed E-state index contributed by atoms with van der Waals surface area (Å²) in [5, 5.41) is 15.1. The largest absolute Gasteiger partial charge is 0.495 e. The van der Waals surface area contributed by atoms with Crippen LogP contribution in [0.5, 0.6) is 5.75 Å². The van der Waals surface area contributed by atoms with Gasteiger partial charge in [-0.05, 0) is 53.3 Å². The van der Waals surface area contributed by atoms with E-state index in [0.29, 0.717) is 27.4 Å². The fourth-order valence-electron chi connectivity index (χ4n) is 2.80. The number of halogens is 1. The number of hydrogen-bond donors (Lipinski definition) is 0. The molecule has 0 bridgehead atoms. The molecule has 1 aliphatic rings. The van der Waals surface area contributed by atoms with Gasteiger partial charge in [-0.1, -0.05) is 29.4 Å². The number of hydrogen-bond acceptors (Lipinski definition) is 8. The van der Waals surface area contributed by atoms with Crippen LogP contribution in [0.3, 0.4) is 0 Å². The van der Waals surface area contributed by atoms with Crippen LogP contribution in [0, 0.1) is 10.1 Å². The van der Waals surface area contributed by atoms with E-state index in [0.717, 1.165) is 4.88 Å². The first-order valence-corrected chi connectivity index (χ1v) is 11.2. The van der Waals surface area contributed by atoms with E-state index in [1.807, 2.05) is 17.5 Å². The molecule has 1 aromatic carbocycles. The third-order valence-corrected chi connectivity index (χ3v) is 6.12. The van der Waals surface area contributed by atoms with E-state index in [9.17, 15) is 14.9 Å². The molecule has 162 valence electrons. The topological polar surface area (TPSA) is 98.2 Å². The van der Waals surface area contributed by atoms with E-state index in [-0.39, 0.29) is 17.5 Å². The Hall–Kier alpha value is -3.34. The van der Waals surface area contributed by atoms with Crippen LogP contribution in [0.15, 0.2) is 68.4 Å². The van der Waals surface area contributed by atoms with Crippen molar-refractivity contribution >= 4 is 69.5 Å². The number of amides is 1. The normalized spacial score (nSPS) is 15.1. The minimum absolute atomic E-state index is 0.281. The number of thiophene rings is 1. The van der Waals surface area contributed by atoms with Crippen LogP contribution in [0.25, 0.3) is 12.2 Å². The summed E-state index contributed by atoms with van der Waals surface area (Å²) in [7, 11) is 1.51. The van der Waals surface area contributed by atoms with Crippen LogP contribution in [0.1, 0.15) is 10.6 Å². The number of ether oxygens (including phenoxy) is 1. The number of carbonyl (C=O) groups excluding carboxylic acids is 1. The van der Waals surface area contributed by atoms with Gasteiger partial charge in [0, 0.05) is 4.88 Å². The minimum atomic E-state index is -0.610. The maximum Gasteiger partial charge on any atom is 0.433 e. The Balaban J connectivity index is 1.64. The number of nitrogens with zero attached hydrogens (tertiary/aromatic N) is 3. The van der Waals surface area contributed by atoms with Gasteiger partial charge in [-0.15, -0.1) is 11.3 Å². The molecule has 3 aromatic rings. The molecular weight excluding hydrogens is 474 g/mol. The number of thioether (sulfide) groups is 1. The van der Waals surface area contributed by atoms with Crippen LogP contribution in [0.4, 0.5) is 11.6 Å². The SMILES string of the molecule is COc1ccc(N2C(=O)/C(=C/c3cccs3)N=C2S/C=C/c2ccc([N+](=O)[O-])o2)cc1Cl. The molecule has 4 rings (SSSR count). The second-order valence-corrected chi connectivity index (χ2v) is 8.51. The summed E-state index contributed by atoms with van der Waals surface area (Å²) >= 11 is 8.93. The smallest absolute Gasteiger partial charge is 0.433 e. The van der Waals surface area contributed by atoms with E-state index >= 15 is 0 Å². The lowest BCUT2D eigenvalue weighted by Gasteiger charge is -2.18. The van der Waals surface area contributed by atoms with Gasteiger partial charge in [0.05, 0.1) is 23.9 Å². The van der Waals surface area contributed by atoms with Crippen LogP contribution in [-0.4, -0.2) is 23.1 Å². The summed E-state index contributed by atoms with van der Waals surface area (Å²) in [6, 6.07) is 11.6. The number of benzene rings is 1. The Labute approximate surface area is 195 Å². The summed E-state index contributed by atoms with van der Waals surface area (Å²) < 4.78 is 10.3. The van der Waals surface area contributed by atoms with Gasteiger partial charge >= 0.3 is 5.88 Å². The van der Waals surface area contributed by atoms with Crippen LogP contribution in [-0.2, 0) is 4.79 Å². The summed E-state index contributed by atoms with van der Waals surface area (Å²) in [6.45, 7) is 0. The fraction of sp³-hybridized carbons (Fsp3) is 0.0476. The van der Waals surface area contributed by atoms with Gasteiger partial charge in [0.15, 0.2) is 5.17 Å². The van der Waals surface area contributed by atoms with Crippen molar-refractivity contribution in [2.75, 3.05) is 12.0 Å². The highest BCUT2D eigenvalue weighted by molar-refractivity contribution is 8.16. The number of aliphatic imine (C=N–C) groups is 1. The maximum absolute atomic E-state index is 13.2. The molecule has 11 heteroatoms. The lowest BCUT2D eigenvalue weighted by atomic mass is 10.2. The number of carbonyl (C=O) groups is 1. The molecule has 0 atom stereocenters. The van der Waals surface area contributed by atoms with Gasteiger partial charge in [-0.25, -0.2) is 4.99 Å². The first-order valence-electron chi connectivity index (χ1n) is 9.05. The Morgan fingerprint density at radius 3 is 2.81 bits per heavy atom. The van der Waals surface area contributed by atoms with Gasteiger partial charge in [-0.2, -0.15) is 0 Å². The highest BCUT2D eigenvalue weighted by Crippen LogP contribution is 2.35. The van der Waals surface area contributed by atoms with E-state index in [1.165, 1.54) is 47.2 Å². The molecule has 0 aliphatic carbocycles. The van der Waals surface area contributed by atoms with Crippen LogP contribution < -0.4 is 9.64 Å². The maximum atomic E-state index is 13.2. The van der Waals surface area contributed by atoms with E-state index in [1.54, 1.807) is 35.8 Å². The van der Waals surface area contributed by atoms with E-state index < -0.39 is 4.92 Å². The summed E-state index contributed by atoms with van der Waals surface area (Å²) in [5.41, 5.74) is 0.813. The monoisotopic (exact) mass is 487 g/mol. The van der Waals surface area contributed by atoms with E-state index in [2.05, 4.69) is 4.99 Å². The number of anilines is 1. The zero-order valence-corrected chi connectivity index (χ0v) is 18.8. The zero-order valence-electron chi connectivity index (χ0n) is 16.4. The predicted molar refractivity (Wildman–Crippen MR) is 127 cm³/mol. The number of methoxy groups -OCH3 is 1. The molecule has 0 radical (unpaired) electrons. The molecular formula is C21H14ClN3O5S2. The quantitative estimate of drug-likeness (QED) is 0.238. The summed E-state index contributed by atoms with van der Waals surface area (Å²) in [5.74, 6) is 0.146. The Morgan fingerprint density at radius 2 is 2.16 bits per heavy atom. The molecule has 0 unspecified atom stereocenters. The number of rotatable bonds is 6. The van der Waals surface area contributed by atoms with Crippen LogP contribution >= 0.6 is 34.7 Å². The average Bonchev–Trinajstić information content (AvgIpc) is 3.50. The predicted octanol–water partition coefficient (Wildman–Crippen LogP) is 6.06. The lowest BCUT2D eigenvalue weighted by Crippen LogP contribution is -2.29. The molecule has 3 heterocycles. The van der Waals surface area contributed by atoms with Gasteiger partial charge < -0.3 is 9.15 Å². The molecule has 1 aliphatic heterocycles. The summed E-state index contributed by atoms with van der Waals surface area (Å²) in [4.78, 5) is 30.2. The first kappa shape index (κ1) is 21.9. The molecule has 0 saturated carbocycles. The lowest BCUT2D eigenvalue weighted by molar-refractivity contribution is -0.402. The molecule has 32 heavy (non-hydrogen) atoms. The molecule has 0 N–H and O–H groups in total. The van der Waals surface area contributed by atoms with Crippen molar-refractivity contribution in [2.45, 2.75) is 0 Å². The van der Waals surface area contributed by atoms with Crippen molar-refractivity contribution in [3.63, 3.8) is 0 Å². The highest BCUT2D eigenvalue weighted by Gasteiger charge is 2.32. The second kappa shape index (κ2) is 9.43.